The molecule has 5 nitrogen and oxygen atoms in total. The van der Waals surface area contributed by atoms with E-state index in [9.17, 15) is 8.42 Å². The highest BCUT2D eigenvalue weighted by Crippen LogP contribution is 2.20. The van der Waals surface area contributed by atoms with Gasteiger partial charge in [0.15, 0.2) is 0 Å². The fourth-order valence-electron chi connectivity index (χ4n) is 2.02. The molecule has 0 spiro atoms. The van der Waals surface area contributed by atoms with E-state index < -0.39 is 10.0 Å². The molecule has 1 saturated heterocycles. The second-order valence-electron chi connectivity index (χ2n) is 4.15. The fraction of sp³-hybridized carbons (Fsp3) is 0.500. The summed E-state index contributed by atoms with van der Waals surface area (Å²) in [6.45, 7) is 2.33. The van der Waals surface area contributed by atoms with Crippen molar-refractivity contribution < 1.29 is 13.2 Å². The molecule has 0 aromatic heterocycles. The zero-order valence-corrected chi connectivity index (χ0v) is 11.2. The first-order valence-corrected chi connectivity index (χ1v) is 7.40. The highest BCUT2D eigenvalue weighted by atomic mass is 32.2. The van der Waals surface area contributed by atoms with Crippen molar-refractivity contribution in [2.45, 2.75) is 11.4 Å². The van der Waals surface area contributed by atoms with Crippen molar-refractivity contribution in [3.05, 3.63) is 29.8 Å². The van der Waals surface area contributed by atoms with E-state index in [-0.39, 0.29) is 0 Å². The van der Waals surface area contributed by atoms with Gasteiger partial charge in [-0.2, -0.15) is 4.31 Å². The predicted octanol–water partition coefficient (Wildman–Crippen LogP) is 0.427. The first kappa shape index (κ1) is 13.5. The maximum Gasteiger partial charge on any atom is 0.243 e. The minimum absolute atomic E-state index is 0.390. The van der Waals surface area contributed by atoms with Crippen molar-refractivity contribution in [1.82, 2.24) is 9.62 Å². The maximum atomic E-state index is 12.5. The van der Waals surface area contributed by atoms with E-state index in [0.29, 0.717) is 37.7 Å². The fourth-order valence-corrected chi connectivity index (χ4v) is 3.65. The van der Waals surface area contributed by atoms with Gasteiger partial charge in [0, 0.05) is 19.6 Å². The van der Waals surface area contributed by atoms with Gasteiger partial charge >= 0.3 is 0 Å². The number of hydrogen-bond donors (Lipinski definition) is 1. The van der Waals surface area contributed by atoms with Crippen LogP contribution in [0.5, 0.6) is 0 Å². The molecule has 1 aliphatic heterocycles. The second-order valence-corrected chi connectivity index (χ2v) is 6.06. The lowest BCUT2D eigenvalue weighted by Crippen LogP contribution is -2.41. The topological polar surface area (TPSA) is 58.6 Å². The highest BCUT2D eigenvalue weighted by Gasteiger charge is 2.27. The molecule has 0 atom stereocenters. The SMILES string of the molecule is CNCc1ccccc1S(=O)(=O)N1CCOCC1. The lowest BCUT2D eigenvalue weighted by molar-refractivity contribution is 0.0730. The normalized spacial score (nSPS) is 17.8. The Bertz CT molecular complexity index is 496. The number of rotatable bonds is 4. The summed E-state index contributed by atoms with van der Waals surface area (Å²) in [6.07, 6.45) is 0. The van der Waals surface area contributed by atoms with Gasteiger partial charge in [-0.15, -0.1) is 0 Å². The molecule has 0 bridgehead atoms. The molecule has 0 unspecified atom stereocenters. The van der Waals surface area contributed by atoms with Crippen LogP contribution in [0.4, 0.5) is 0 Å². The molecule has 6 heteroatoms. The smallest absolute Gasteiger partial charge is 0.243 e. The number of ether oxygens (including phenoxy) is 1. The molecule has 0 amide bonds. The Morgan fingerprint density at radius 2 is 1.94 bits per heavy atom. The summed E-state index contributed by atoms with van der Waals surface area (Å²) < 4.78 is 31.7. The van der Waals surface area contributed by atoms with Gasteiger partial charge in [-0.3, -0.25) is 0 Å². The summed E-state index contributed by atoms with van der Waals surface area (Å²) in [4.78, 5) is 0.390. The van der Waals surface area contributed by atoms with E-state index in [1.54, 1.807) is 19.2 Å². The van der Waals surface area contributed by atoms with Crippen molar-refractivity contribution in [3.8, 4) is 0 Å². The maximum absolute atomic E-state index is 12.5. The van der Waals surface area contributed by atoms with E-state index in [4.69, 9.17) is 4.74 Å². The van der Waals surface area contributed by atoms with Crippen LogP contribution >= 0.6 is 0 Å². The predicted molar refractivity (Wildman–Crippen MR) is 68.8 cm³/mol. The summed E-state index contributed by atoms with van der Waals surface area (Å²) in [5.41, 5.74) is 0.798. The van der Waals surface area contributed by atoms with E-state index in [1.165, 1.54) is 4.31 Å². The van der Waals surface area contributed by atoms with E-state index in [0.717, 1.165) is 5.56 Å². The minimum atomic E-state index is -3.40. The molecular weight excluding hydrogens is 252 g/mol. The number of morpholine rings is 1. The average molecular weight is 270 g/mol. The van der Waals surface area contributed by atoms with Crippen LogP contribution in [0.2, 0.25) is 0 Å². The first-order chi connectivity index (χ1) is 8.66. The van der Waals surface area contributed by atoms with Gasteiger partial charge in [0.1, 0.15) is 0 Å². The molecule has 1 aliphatic rings. The molecule has 2 rings (SSSR count). The Labute approximate surface area is 108 Å². The average Bonchev–Trinajstić information content (AvgIpc) is 2.41. The molecule has 1 aromatic rings. The number of nitrogens with one attached hydrogen (secondary N) is 1. The Hall–Kier alpha value is -0.950. The summed E-state index contributed by atoms with van der Waals surface area (Å²) >= 11 is 0. The standard InChI is InChI=1S/C12H18N2O3S/c1-13-10-11-4-2-3-5-12(11)18(15,16)14-6-8-17-9-7-14/h2-5,13H,6-10H2,1H3. The van der Waals surface area contributed by atoms with Crippen LogP contribution in [0.1, 0.15) is 5.56 Å². The summed E-state index contributed by atoms with van der Waals surface area (Å²) in [7, 11) is -1.60. The van der Waals surface area contributed by atoms with Gasteiger partial charge in [0.05, 0.1) is 18.1 Å². The molecule has 0 saturated carbocycles. The van der Waals surface area contributed by atoms with E-state index >= 15 is 0 Å². The molecule has 1 N–H and O–H groups in total. The number of sulfonamides is 1. The van der Waals surface area contributed by atoms with Crippen molar-refractivity contribution in [3.63, 3.8) is 0 Å². The monoisotopic (exact) mass is 270 g/mol. The summed E-state index contributed by atoms with van der Waals surface area (Å²) in [5.74, 6) is 0. The molecule has 0 aliphatic carbocycles. The molecule has 18 heavy (non-hydrogen) atoms. The Morgan fingerprint density at radius 3 is 2.61 bits per heavy atom. The van der Waals surface area contributed by atoms with Gasteiger partial charge in [-0.05, 0) is 18.7 Å². The second kappa shape index (κ2) is 5.79. The Kier molecular flexibility index (Phi) is 4.34. The van der Waals surface area contributed by atoms with Gasteiger partial charge in [-0.1, -0.05) is 18.2 Å². The van der Waals surface area contributed by atoms with E-state index in [1.807, 2.05) is 12.1 Å². The van der Waals surface area contributed by atoms with Gasteiger partial charge in [-0.25, -0.2) is 8.42 Å². The first-order valence-electron chi connectivity index (χ1n) is 5.96. The molecule has 1 aromatic carbocycles. The van der Waals surface area contributed by atoms with Crippen molar-refractivity contribution in [2.75, 3.05) is 33.4 Å². The zero-order valence-electron chi connectivity index (χ0n) is 10.4. The molecule has 1 fully saturated rings. The molecule has 0 radical (unpaired) electrons. The summed E-state index contributed by atoms with van der Waals surface area (Å²) in [5, 5.41) is 2.99. The van der Waals surface area contributed by atoms with Gasteiger partial charge in [0.2, 0.25) is 10.0 Å². The third-order valence-electron chi connectivity index (χ3n) is 2.93. The van der Waals surface area contributed by atoms with Gasteiger partial charge < -0.3 is 10.1 Å². The van der Waals surface area contributed by atoms with Crippen molar-refractivity contribution in [2.24, 2.45) is 0 Å². The van der Waals surface area contributed by atoms with Crippen molar-refractivity contribution >= 4 is 10.0 Å². The van der Waals surface area contributed by atoms with Crippen LogP contribution < -0.4 is 5.32 Å². The lowest BCUT2D eigenvalue weighted by Gasteiger charge is -2.26. The van der Waals surface area contributed by atoms with Gasteiger partial charge in [0.25, 0.3) is 0 Å². The van der Waals surface area contributed by atoms with Crippen LogP contribution in [-0.2, 0) is 21.3 Å². The summed E-state index contributed by atoms with van der Waals surface area (Å²) in [6, 6.07) is 7.11. The zero-order chi connectivity index (χ0) is 13.0. The van der Waals surface area contributed by atoms with Crippen LogP contribution in [-0.4, -0.2) is 46.1 Å². The Morgan fingerprint density at radius 1 is 1.28 bits per heavy atom. The molecular formula is C12H18N2O3S. The third-order valence-corrected chi connectivity index (χ3v) is 4.93. The lowest BCUT2D eigenvalue weighted by atomic mass is 10.2. The van der Waals surface area contributed by atoms with Crippen LogP contribution in [0, 0.1) is 0 Å². The molecule has 100 valence electrons. The largest absolute Gasteiger partial charge is 0.379 e. The van der Waals surface area contributed by atoms with Crippen molar-refractivity contribution in [1.29, 1.82) is 0 Å². The van der Waals surface area contributed by atoms with E-state index in [2.05, 4.69) is 5.32 Å². The molecule has 1 heterocycles. The van der Waals surface area contributed by atoms with Crippen LogP contribution in [0.3, 0.4) is 0 Å². The quantitative estimate of drug-likeness (QED) is 0.862. The van der Waals surface area contributed by atoms with Crippen LogP contribution in [0.15, 0.2) is 29.2 Å². The number of hydrogen-bond acceptors (Lipinski definition) is 4. The minimum Gasteiger partial charge on any atom is -0.379 e. The Balaban J connectivity index is 2.34. The highest BCUT2D eigenvalue weighted by molar-refractivity contribution is 7.89. The third kappa shape index (κ3) is 2.72. The number of nitrogens with zero attached hydrogens (tertiary/aromatic N) is 1. The number of benzene rings is 1. The van der Waals surface area contributed by atoms with Crippen LogP contribution in [0.25, 0.3) is 0 Å².